The van der Waals surface area contributed by atoms with E-state index < -0.39 is 0 Å². The number of fused-ring (bicyclic) bond motifs is 1. The zero-order chi connectivity index (χ0) is 18.9. The highest BCUT2D eigenvalue weighted by Gasteiger charge is 2.12. The highest BCUT2D eigenvalue weighted by Crippen LogP contribution is 2.27. The Morgan fingerprint density at radius 3 is 2.57 bits per heavy atom. The van der Waals surface area contributed by atoms with Gasteiger partial charge in [-0.2, -0.15) is 4.98 Å². The Kier molecular flexibility index (Phi) is 4.23. The number of halogens is 1. The van der Waals surface area contributed by atoms with E-state index in [0.29, 0.717) is 16.8 Å². The second-order valence-corrected chi connectivity index (χ2v) is 7.31. The number of thiazole rings is 1. The van der Waals surface area contributed by atoms with Crippen LogP contribution in [0.15, 0.2) is 72.4 Å². The molecule has 0 saturated heterocycles. The van der Waals surface area contributed by atoms with Gasteiger partial charge in [-0.25, -0.2) is 14.5 Å². The standard InChI is InChI=1S/C20H13ClN6S/c21-15-8-6-14(7-9-15)17-11-28-20-25-19(26-27(17)20)24-18-10-16(22-12-23-18)13-4-2-1-3-5-13/h1-12H,(H,22,23,24,26). The van der Waals surface area contributed by atoms with Crippen LogP contribution in [-0.4, -0.2) is 24.6 Å². The summed E-state index contributed by atoms with van der Waals surface area (Å²) in [7, 11) is 0. The van der Waals surface area contributed by atoms with Crippen molar-refractivity contribution in [1.82, 2.24) is 24.6 Å². The van der Waals surface area contributed by atoms with Crippen molar-refractivity contribution in [2.45, 2.75) is 0 Å². The topological polar surface area (TPSA) is 68.0 Å². The lowest BCUT2D eigenvalue weighted by molar-refractivity contribution is 0.986. The van der Waals surface area contributed by atoms with Crippen LogP contribution in [0.5, 0.6) is 0 Å². The minimum Gasteiger partial charge on any atom is -0.307 e. The van der Waals surface area contributed by atoms with Crippen LogP contribution in [0.4, 0.5) is 11.8 Å². The summed E-state index contributed by atoms with van der Waals surface area (Å²) >= 11 is 7.52. The monoisotopic (exact) mass is 404 g/mol. The Morgan fingerprint density at radius 2 is 1.75 bits per heavy atom. The number of aromatic nitrogens is 5. The maximum Gasteiger partial charge on any atom is 0.249 e. The van der Waals surface area contributed by atoms with Gasteiger partial charge in [0.2, 0.25) is 10.9 Å². The molecule has 136 valence electrons. The SMILES string of the molecule is Clc1ccc(-c2csc3nc(Nc4cc(-c5ccccc5)ncn4)nn23)cc1. The minimum absolute atomic E-state index is 0.486. The molecule has 28 heavy (non-hydrogen) atoms. The Balaban J connectivity index is 1.46. The van der Waals surface area contributed by atoms with Gasteiger partial charge >= 0.3 is 0 Å². The summed E-state index contributed by atoms with van der Waals surface area (Å²) in [5.41, 5.74) is 3.85. The molecule has 0 atom stereocenters. The lowest BCUT2D eigenvalue weighted by Crippen LogP contribution is -1.98. The molecule has 5 aromatic rings. The van der Waals surface area contributed by atoms with E-state index in [4.69, 9.17) is 11.6 Å². The Morgan fingerprint density at radius 1 is 0.929 bits per heavy atom. The van der Waals surface area contributed by atoms with E-state index in [2.05, 4.69) is 25.4 Å². The summed E-state index contributed by atoms with van der Waals surface area (Å²) in [4.78, 5) is 14.0. The molecule has 0 aliphatic heterocycles. The molecule has 3 heterocycles. The van der Waals surface area contributed by atoms with E-state index in [0.717, 1.165) is 27.5 Å². The molecular formula is C20H13ClN6S. The molecule has 0 aliphatic carbocycles. The summed E-state index contributed by atoms with van der Waals surface area (Å²) in [5.74, 6) is 1.12. The van der Waals surface area contributed by atoms with E-state index in [-0.39, 0.29) is 0 Å². The van der Waals surface area contributed by atoms with Gasteiger partial charge in [0.1, 0.15) is 12.1 Å². The molecule has 2 aromatic carbocycles. The highest BCUT2D eigenvalue weighted by atomic mass is 35.5. The number of benzene rings is 2. The fraction of sp³-hybridized carbons (Fsp3) is 0. The fourth-order valence-electron chi connectivity index (χ4n) is 2.86. The molecule has 0 spiro atoms. The Bertz CT molecular complexity index is 1250. The van der Waals surface area contributed by atoms with Gasteiger partial charge in [0.15, 0.2) is 0 Å². The predicted octanol–water partition coefficient (Wildman–Crippen LogP) is 5.31. The van der Waals surface area contributed by atoms with Crippen LogP contribution in [-0.2, 0) is 0 Å². The van der Waals surface area contributed by atoms with Crippen LogP contribution in [0.3, 0.4) is 0 Å². The van der Waals surface area contributed by atoms with Crippen LogP contribution >= 0.6 is 22.9 Å². The van der Waals surface area contributed by atoms with Crippen molar-refractivity contribution in [3.05, 3.63) is 77.4 Å². The van der Waals surface area contributed by atoms with E-state index in [9.17, 15) is 0 Å². The van der Waals surface area contributed by atoms with Gasteiger partial charge in [-0.05, 0) is 12.1 Å². The molecule has 0 bridgehead atoms. The zero-order valence-corrected chi connectivity index (χ0v) is 16.0. The number of rotatable bonds is 4. The van der Waals surface area contributed by atoms with E-state index >= 15 is 0 Å². The van der Waals surface area contributed by atoms with Gasteiger partial charge in [0.25, 0.3) is 0 Å². The van der Waals surface area contributed by atoms with Crippen LogP contribution in [0.25, 0.3) is 27.5 Å². The number of hydrogen-bond donors (Lipinski definition) is 1. The summed E-state index contributed by atoms with van der Waals surface area (Å²) in [6, 6.07) is 19.5. The summed E-state index contributed by atoms with van der Waals surface area (Å²) < 4.78 is 1.82. The summed E-state index contributed by atoms with van der Waals surface area (Å²) in [6.45, 7) is 0. The third kappa shape index (κ3) is 3.21. The first kappa shape index (κ1) is 16.9. The molecule has 0 fully saturated rings. The van der Waals surface area contributed by atoms with Crippen molar-refractivity contribution >= 4 is 39.7 Å². The quantitative estimate of drug-likeness (QED) is 0.439. The number of nitrogens with one attached hydrogen (secondary N) is 1. The van der Waals surface area contributed by atoms with E-state index in [1.165, 1.54) is 17.7 Å². The van der Waals surface area contributed by atoms with Crippen molar-refractivity contribution in [3.8, 4) is 22.5 Å². The van der Waals surface area contributed by atoms with Crippen molar-refractivity contribution in [1.29, 1.82) is 0 Å². The van der Waals surface area contributed by atoms with Gasteiger partial charge < -0.3 is 5.32 Å². The van der Waals surface area contributed by atoms with Crippen LogP contribution in [0, 0.1) is 0 Å². The summed E-state index contributed by atoms with van der Waals surface area (Å²) in [5, 5.41) is 10.5. The molecule has 0 radical (unpaired) electrons. The van der Waals surface area contributed by atoms with Crippen molar-refractivity contribution in [3.63, 3.8) is 0 Å². The normalized spacial score (nSPS) is 11.0. The molecular weight excluding hydrogens is 392 g/mol. The molecule has 0 unspecified atom stereocenters. The minimum atomic E-state index is 0.486. The maximum atomic E-state index is 5.99. The van der Waals surface area contributed by atoms with Crippen molar-refractivity contribution in [2.24, 2.45) is 0 Å². The largest absolute Gasteiger partial charge is 0.307 e. The third-order valence-corrected chi connectivity index (χ3v) is 5.27. The lowest BCUT2D eigenvalue weighted by atomic mass is 10.1. The van der Waals surface area contributed by atoms with E-state index in [1.54, 1.807) is 0 Å². The molecule has 3 aromatic heterocycles. The van der Waals surface area contributed by atoms with Crippen molar-refractivity contribution in [2.75, 3.05) is 5.32 Å². The molecule has 0 aliphatic rings. The van der Waals surface area contributed by atoms with Crippen LogP contribution in [0.2, 0.25) is 5.02 Å². The average molecular weight is 405 g/mol. The Labute approximate surface area is 169 Å². The number of nitrogens with zero attached hydrogens (tertiary/aromatic N) is 5. The van der Waals surface area contributed by atoms with Gasteiger partial charge in [-0.1, -0.05) is 54.1 Å². The van der Waals surface area contributed by atoms with Gasteiger partial charge in [-0.3, -0.25) is 0 Å². The van der Waals surface area contributed by atoms with Gasteiger partial charge in [-0.15, -0.1) is 16.4 Å². The smallest absolute Gasteiger partial charge is 0.249 e. The first-order valence-corrected chi connectivity index (χ1v) is 9.77. The summed E-state index contributed by atoms with van der Waals surface area (Å²) in [6.07, 6.45) is 1.53. The number of anilines is 2. The third-order valence-electron chi connectivity index (χ3n) is 4.20. The number of hydrogen-bond acceptors (Lipinski definition) is 6. The fourth-order valence-corrected chi connectivity index (χ4v) is 3.82. The van der Waals surface area contributed by atoms with E-state index in [1.807, 2.05) is 70.6 Å². The zero-order valence-electron chi connectivity index (χ0n) is 14.5. The maximum absolute atomic E-state index is 5.99. The second-order valence-electron chi connectivity index (χ2n) is 6.04. The molecule has 5 rings (SSSR count). The molecule has 0 saturated carbocycles. The van der Waals surface area contributed by atoms with Crippen LogP contribution in [0.1, 0.15) is 0 Å². The first-order valence-electron chi connectivity index (χ1n) is 8.51. The molecule has 1 N–H and O–H groups in total. The van der Waals surface area contributed by atoms with Gasteiger partial charge in [0.05, 0.1) is 11.4 Å². The molecule has 0 amide bonds. The molecule has 6 nitrogen and oxygen atoms in total. The Hall–Kier alpha value is -3.29. The lowest BCUT2D eigenvalue weighted by Gasteiger charge is -2.04. The van der Waals surface area contributed by atoms with Crippen LogP contribution < -0.4 is 5.32 Å². The predicted molar refractivity (Wildman–Crippen MR) is 112 cm³/mol. The van der Waals surface area contributed by atoms with Gasteiger partial charge in [0, 0.05) is 27.6 Å². The highest BCUT2D eigenvalue weighted by molar-refractivity contribution is 7.15. The average Bonchev–Trinajstić information content (AvgIpc) is 3.30. The van der Waals surface area contributed by atoms with Crippen molar-refractivity contribution < 1.29 is 0 Å². The first-order chi connectivity index (χ1) is 13.8. The second kappa shape index (κ2) is 7.03. The molecule has 8 heteroatoms.